The maximum absolute atomic E-state index is 6.61. The topological polar surface area (TPSA) is 12.5 Å². The summed E-state index contributed by atoms with van der Waals surface area (Å²) in [4.78, 5) is 0. The Hall–Kier alpha value is -0.910. The maximum atomic E-state index is 6.61. The van der Waals surface area contributed by atoms with Crippen molar-refractivity contribution in [2.75, 3.05) is 0 Å². The molecule has 0 spiro atoms. The van der Waals surface area contributed by atoms with E-state index in [-0.39, 0.29) is 21.3 Å². The van der Waals surface area contributed by atoms with Gasteiger partial charge in [0, 0.05) is 0 Å². The lowest BCUT2D eigenvalue weighted by atomic mass is 9.92. The molecule has 118 valence electrons. The smallest absolute Gasteiger partial charge is 0.150 e. The van der Waals surface area contributed by atoms with E-state index in [9.17, 15) is 0 Å². The molecule has 0 bridgehead atoms. The van der Waals surface area contributed by atoms with Crippen LogP contribution in [0, 0.1) is 0 Å². The molecular formula is C20H27OP. The summed E-state index contributed by atoms with van der Waals surface area (Å²) in [5.41, 5.74) is 1.01. The molecule has 2 atom stereocenters. The Bertz CT molecular complexity index is 603. The predicted octanol–water partition coefficient (Wildman–Crippen LogP) is 5.81. The van der Waals surface area contributed by atoms with E-state index in [2.05, 4.69) is 96.2 Å². The van der Waals surface area contributed by atoms with Crippen LogP contribution in [0.25, 0.3) is 0 Å². The lowest BCUT2D eigenvalue weighted by Gasteiger charge is -2.45. The molecule has 22 heavy (non-hydrogen) atoms. The Labute approximate surface area is 136 Å². The first-order valence-electron chi connectivity index (χ1n) is 8.07. The van der Waals surface area contributed by atoms with Crippen molar-refractivity contribution < 1.29 is 4.74 Å². The normalized spacial score (nSPS) is 30.5. The second-order valence-corrected chi connectivity index (χ2v) is 12.3. The summed E-state index contributed by atoms with van der Waals surface area (Å²) >= 11 is 0. The summed E-state index contributed by atoms with van der Waals surface area (Å²) < 4.78 is 6.61. The van der Waals surface area contributed by atoms with Crippen molar-refractivity contribution in [2.45, 2.75) is 62.8 Å². The molecule has 2 aliphatic rings. The molecule has 3 rings (SSSR count). The molecule has 1 aliphatic carbocycles. The van der Waals surface area contributed by atoms with E-state index in [1.165, 1.54) is 5.56 Å². The van der Waals surface area contributed by atoms with Crippen molar-refractivity contribution in [1.29, 1.82) is 0 Å². The zero-order valence-electron chi connectivity index (χ0n) is 14.6. The Balaban J connectivity index is 2.13. The lowest BCUT2D eigenvalue weighted by molar-refractivity contribution is 0.335. The molecule has 1 fully saturated rings. The van der Waals surface area contributed by atoms with Crippen molar-refractivity contribution in [3.05, 3.63) is 60.2 Å². The van der Waals surface area contributed by atoms with Crippen LogP contribution < -0.4 is 0 Å². The van der Waals surface area contributed by atoms with E-state index in [0.717, 1.165) is 0 Å². The Morgan fingerprint density at radius 1 is 0.818 bits per heavy atom. The summed E-state index contributed by atoms with van der Waals surface area (Å²) in [6.45, 7) is 14.2. The summed E-state index contributed by atoms with van der Waals surface area (Å²) in [6, 6.07) is 10.7. The van der Waals surface area contributed by atoms with Gasteiger partial charge in [0.25, 0.3) is 0 Å². The van der Waals surface area contributed by atoms with Crippen molar-refractivity contribution in [1.82, 2.24) is 0 Å². The average molecular weight is 314 g/mol. The Kier molecular flexibility index (Phi) is 3.48. The van der Waals surface area contributed by atoms with Gasteiger partial charge < -0.3 is 4.74 Å². The monoisotopic (exact) mass is 314 g/mol. The number of hydrogen-bond acceptors (Lipinski definition) is 1. The largest absolute Gasteiger partial charge is 0.344 e. The third-order valence-corrected chi connectivity index (χ3v) is 8.37. The van der Waals surface area contributed by atoms with Crippen LogP contribution in [0.3, 0.4) is 0 Å². The number of epoxide rings is 1. The maximum Gasteiger partial charge on any atom is 0.150 e. The van der Waals surface area contributed by atoms with Gasteiger partial charge in [0.1, 0.15) is 10.9 Å². The summed E-state index contributed by atoms with van der Waals surface area (Å²) in [6.07, 6.45) is 8.88. The molecule has 0 aromatic heterocycles. The fraction of sp³-hybridized carbons (Fsp3) is 0.500. The van der Waals surface area contributed by atoms with E-state index in [1.807, 2.05) is 0 Å². The molecule has 1 aromatic carbocycles. The van der Waals surface area contributed by atoms with Crippen LogP contribution in [-0.2, 0) is 10.3 Å². The molecule has 1 heterocycles. The molecule has 1 saturated heterocycles. The molecule has 0 N–H and O–H groups in total. The van der Waals surface area contributed by atoms with Crippen LogP contribution in [0.5, 0.6) is 0 Å². The Morgan fingerprint density at radius 2 is 1.36 bits per heavy atom. The van der Waals surface area contributed by atoms with Gasteiger partial charge in [-0.3, -0.25) is 0 Å². The van der Waals surface area contributed by atoms with Crippen molar-refractivity contribution >= 4 is 7.92 Å². The van der Waals surface area contributed by atoms with E-state index < -0.39 is 7.92 Å². The van der Waals surface area contributed by atoms with Crippen LogP contribution in [0.2, 0.25) is 0 Å². The van der Waals surface area contributed by atoms with E-state index in [0.29, 0.717) is 0 Å². The Morgan fingerprint density at radius 3 is 1.91 bits per heavy atom. The minimum atomic E-state index is -0.401. The highest BCUT2D eigenvalue weighted by molar-refractivity contribution is 7.63. The van der Waals surface area contributed by atoms with Crippen molar-refractivity contribution in [2.24, 2.45) is 0 Å². The molecular weight excluding hydrogens is 287 g/mol. The minimum Gasteiger partial charge on any atom is -0.344 e. The van der Waals surface area contributed by atoms with Gasteiger partial charge in [-0.1, -0.05) is 91.9 Å². The fourth-order valence-corrected chi connectivity index (χ4v) is 9.26. The first-order chi connectivity index (χ1) is 10.1. The van der Waals surface area contributed by atoms with Crippen LogP contribution in [0.4, 0.5) is 0 Å². The van der Waals surface area contributed by atoms with Gasteiger partial charge in [0.05, 0.1) is 0 Å². The quantitative estimate of drug-likeness (QED) is 0.495. The van der Waals surface area contributed by atoms with Gasteiger partial charge >= 0.3 is 0 Å². The first kappa shape index (κ1) is 16.0. The molecule has 0 radical (unpaired) electrons. The predicted molar refractivity (Wildman–Crippen MR) is 96.6 cm³/mol. The second-order valence-electron chi connectivity index (χ2n) is 8.30. The summed E-state index contributed by atoms with van der Waals surface area (Å²) in [5.74, 6) is 0. The van der Waals surface area contributed by atoms with Gasteiger partial charge in [0.2, 0.25) is 0 Å². The number of ether oxygens (including phenoxy) is 1. The van der Waals surface area contributed by atoms with Crippen molar-refractivity contribution in [3.8, 4) is 0 Å². The third-order valence-electron chi connectivity index (χ3n) is 4.45. The second kappa shape index (κ2) is 4.79. The average Bonchev–Trinajstić information content (AvgIpc) is 3.06. The number of hydrogen-bond donors (Lipinski definition) is 0. The lowest BCUT2D eigenvalue weighted by Crippen LogP contribution is -2.36. The number of allylic oxidation sites excluding steroid dienone is 2. The number of rotatable bonds is 2. The third kappa shape index (κ3) is 2.22. The minimum absolute atomic E-state index is 0.172. The highest BCUT2D eigenvalue weighted by Gasteiger charge is 2.75. The molecule has 1 aliphatic heterocycles. The number of fused-ring (bicyclic) bond motifs is 1. The van der Waals surface area contributed by atoms with E-state index >= 15 is 0 Å². The van der Waals surface area contributed by atoms with Crippen LogP contribution >= 0.6 is 7.92 Å². The fourth-order valence-electron chi connectivity index (χ4n) is 4.24. The highest BCUT2D eigenvalue weighted by atomic mass is 31.1. The SMILES string of the molecule is CC(C)(C)P(C(C)(C)C)C12C=CC=CC1(c1ccccc1)O2. The van der Waals surface area contributed by atoms with Gasteiger partial charge in [0.15, 0.2) is 0 Å². The zero-order chi connectivity index (χ0) is 16.2. The van der Waals surface area contributed by atoms with Gasteiger partial charge in [-0.05, 0) is 28.0 Å². The molecule has 1 nitrogen and oxygen atoms in total. The molecule has 2 heteroatoms. The first-order valence-corrected chi connectivity index (χ1v) is 9.41. The molecule has 1 aromatic rings. The van der Waals surface area contributed by atoms with Gasteiger partial charge in [-0.25, -0.2) is 0 Å². The van der Waals surface area contributed by atoms with Crippen molar-refractivity contribution in [3.63, 3.8) is 0 Å². The van der Waals surface area contributed by atoms with Gasteiger partial charge in [-0.15, -0.1) is 0 Å². The molecule has 2 unspecified atom stereocenters. The molecule has 0 saturated carbocycles. The highest BCUT2D eigenvalue weighted by Crippen LogP contribution is 2.81. The number of benzene rings is 1. The molecule has 0 amide bonds. The van der Waals surface area contributed by atoms with Gasteiger partial charge in [-0.2, -0.15) is 0 Å². The van der Waals surface area contributed by atoms with E-state index in [4.69, 9.17) is 4.74 Å². The van der Waals surface area contributed by atoms with Crippen LogP contribution in [0.1, 0.15) is 47.1 Å². The summed E-state index contributed by atoms with van der Waals surface area (Å²) in [5, 5.41) is 0.272. The van der Waals surface area contributed by atoms with Crippen LogP contribution in [-0.4, -0.2) is 15.7 Å². The van der Waals surface area contributed by atoms with E-state index in [1.54, 1.807) is 0 Å². The standard InChI is InChI=1S/C20H27OP/c1-17(2,3)22(18(4,5)6)20-15-11-10-14-19(20,21-20)16-12-8-7-9-13-16/h7-15H,1-6H3. The summed E-state index contributed by atoms with van der Waals surface area (Å²) in [7, 11) is -0.401. The zero-order valence-corrected chi connectivity index (χ0v) is 15.4. The van der Waals surface area contributed by atoms with Crippen LogP contribution in [0.15, 0.2) is 54.6 Å².